The lowest BCUT2D eigenvalue weighted by atomic mass is 9.86. The number of benzene rings is 2. The smallest absolute Gasteiger partial charge is 0.273 e. The van der Waals surface area contributed by atoms with Gasteiger partial charge in [-0.15, -0.1) is 0 Å². The molecule has 0 fully saturated rings. The molecule has 1 atom stereocenters. The minimum Gasteiger partial charge on any atom is -0.368 e. The lowest BCUT2D eigenvalue weighted by molar-refractivity contribution is -0.122. The van der Waals surface area contributed by atoms with E-state index in [9.17, 15) is 14.0 Å². The summed E-state index contributed by atoms with van der Waals surface area (Å²) < 4.78 is 14.8. The standard InChI is InChI=1S/C21H22ClFN4O2/c1-21(2,3)18(19(24)28)25-20(29)17-15-10-13(22)6-9-16(15)27(26-17)11-12-4-7-14(23)8-5-12/h4-10,18H,11H2,1-3H3,(H2,24,28)(H,25,29). The first kappa shape index (κ1) is 20.8. The second-order valence-corrected chi connectivity index (χ2v) is 8.41. The van der Waals surface area contributed by atoms with Crippen LogP contribution in [-0.4, -0.2) is 27.6 Å². The van der Waals surface area contributed by atoms with Crippen molar-refractivity contribution in [1.29, 1.82) is 0 Å². The number of aromatic nitrogens is 2. The van der Waals surface area contributed by atoms with Crippen molar-refractivity contribution in [1.82, 2.24) is 15.1 Å². The molecule has 1 unspecified atom stereocenters. The summed E-state index contributed by atoms with van der Waals surface area (Å²) in [6.45, 7) is 5.77. The molecule has 3 N–H and O–H groups in total. The zero-order valence-corrected chi connectivity index (χ0v) is 17.1. The summed E-state index contributed by atoms with van der Waals surface area (Å²) in [5.41, 5.74) is 6.56. The van der Waals surface area contributed by atoms with Crippen molar-refractivity contribution in [2.24, 2.45) is 11.1 Å². The molecular weight excluding hydrogens is 395 g/mol. The largest absolute Gasteiger partial charge is 0.368 e. The van der Waals surface area contributed by atoms with Crippen molar-refractivity contribution in [3.8, 4) is 0 Å². The van der Waals surface area contributed by atoms with Crippen LogP contribution < -0.4 is 11.1 Å². The molecular formula is C21H22ClFN4O2. The first-order valence-corrected chi connectivity index (χ1v) is 9.45. The Balaban J connectivity index is 2.01. The van der Waals surface area contributed by atoms with Gasteiger partial charge in [-0.2, -0.15) is 5.10 Å². The van der Waals surface area contributed by atoms with Crippen LogP contribution in [0.25, 0.3) is 10.9 Å². The fourth-order valence-corrected chi connectivity index (χ4v) is 3.29. The first-order chi connectivity index (χ1) is 13.6. The predicted molar refractivity (Wildman–Crippen MR) is 110 cm³/mol. The second kappa shape index (κ2) is 7.83. The Labute approximate surface area is 172 Å². The SMILES string of the molecule is CC(C)(C)C(NC(=O)c1nn(Cc2ccc(F)cc2)c2ccc(Cl)cc12)C(N)=O. The Hall–Kier alpha value is -2.93. The molecule has 1 aromatic heterocycles. The summed E-state index contributed by atoms with van der Waals surface area (Å²) in [5, 5.41) is 8.13. The van der Waals surface area contributed by atoms with E-state index in [0.29, 0.717) is 22.5 Å². The maximum atomic E-state index is 13.2. The van der Waals surface area contributed by atoms with Crippen molar-refractivity contribution in [3.05, 3.63) is 64.6 Å². The van der Waals surface area contributed by atoms with Gasteiger partial charge < -0.3 is 11.1 Å². The zero-order valence-electron chi connectivity index (χ0n) is 16.4. The fraction of sp³-hybridized carbons (Fsp3) is 0.286. The number of nitrogens with one attached hydrogen (secondary N) is 1. The minimum absolute atomic E-state index is 0.139. The van der Waals surface area contributed by atoms with Crippen LogP contribution in [0.2, 0.25) is 5.02 Å². The highest BCUT2D eigenvalue weighted by atomic mass is 35.5. The highest BCUT2D eigenvalue weighted by molar-refractivity contribution is 6.31. The maximum Gasteiger partial charge on any atom is 0.273 e. The monoisotopic (exact) mass is 416 g/mol. The first-order valence-electron chi connectivity index (χ1n) is 9.07. The van der Waals surface area contributed by atoms with E-state index in [0.717, 1.165) is 5.56 Å². The lowest BCUT2D eigenvalue weighted by Crippen LogP contribution is -2.52. The van der Waals surface area contributed by atoms with Crippen molar-refractivity contribution in [2.75, 3.05) is 0 Å². The molecule has 1 heterocycles. The number of halogens is 2. The molecule has 6 nitrogen and oxygen atoms in total. The van der Waals surface area contributed by atoms with Gasteiger partial charge in [0.05, 0.1) is 12.1 Å². The van der Waals surface area contributed by atoms with Crippen molar-refractivity contribution in [2.45, 2.75) is 33.4 Å². The molecule has 0 bridgehead atoms. The van der Waals surface area contributed by atoms with E-state index in [1.54, 1.807) is 35.0 Å². The molecule has 0 radical (unpaired) electrons. The summed E-state index contributed by atoms with van der Waals surface area (Å²) in [4.78, 5) is 24.8. The van der Waals surface area contributed by atoms with Crippen LogP contribution in [0.3, 0.4) is 0 Å². The molecule has 0 saturated carbocycles. The zero-order chi connectivity index (χ0) is 21.3. The summed E-state index contributed by atoms with van der Waals surface area (Å²) in [6, 6.07) is 10.3. The van der Waals surface area contributed by atoms with Crippen LogP contribution in [0.1, 0.15) is 36.8 Å². The van der Waals surface area contributed by atoms with E-state index in [-0.39, 0.29) is 11.5 Å². The van der Waals surface area contributed by atoms with Crippen molar-refractivity contribution < 1.29 is 14.0 Å². The number of nitrogens with zero attached hydrogens (tertiary/aromatic N) is 2. The van der Waals surface area contributed by atoms with E-state index in [1.807, 2.05) is 20.8 Å². The number of hydrogen-bond donors (Lipinski definition) is 2. The van der Waals surface area contributed by atoms with Gasteiger partial charge in [0.25, 0.3) is 5.91 Å². The molecule has 3 aromatic rings. The van der Waals surface area contributed by atoms with Gasteiger partial charge in [0, 0.05) is 10.4 Å². The molecule has 0 aliphatic rings. The molecule has 29 heavy (non-hydrogen) atoms. The lowest BCUT2D eigenvalue weighted by Gasteiger charge is -2.28. The van der Waals surface area contributed by atoms with Gasteiger partial charge in [0.15, 0.2) is 5.69 Å². The molecule has 0 aliphatic heterocycles. The van der Waals surface area contributed by atoms with Crippen molar-refractivity contribution in [3.63, 3.8) is 0 Å². The fourth-order valence-electron chi connectivity index (χ4n) is 3.12. The number of fused-ring (bicyclic) bond motifs is 1. The summed E-state index contributed by atoms with van der Waals surface area (Å²) in [6.07, 6.45) is 0. The van der Waals surface area contributed by atoms with Gasteiger partial charge in [-0.05, 0) is 41.3 Å². The van der Waals surface area contributed by atoms with Crippen LogP contribution in [0.15, 0.2) is 42.5 Å². The predicted octanol–water partition coefficient (Wildman–Crippen LogP) is 3.51. The average Bonchev–Trinajstić information content (AvgIpc) is 2.97. The van der Waals surface area contributed by atoms with Crippen LogP contribution in [0.4, 0.5) is 4.39 Å². The van der Waals surface area contributed by atoms with Gasteiger partial charge >= 0.3 is 0 Å². The minimum atomic E-state index is -0.869. The molecule has 0 aliphatic carbocycles. The van der Waals surface area contributed by atoms with Crippen LogP contribution >= 0.6 is 11.6 Å². The molecule has 152 valence electrons. The third-order valence-electron chi connectivity index (χ3n) is 4.60. The number of amides is 2. The molecule has 2 aromatic carbocycles. The Morgan fingerprint density at radius 1 is 1.21 bits per heavy atom. The van der Waals surface area contributed by atoms with Gasteiger partial charge in [0.2, 0.25) is 5.91 Å². The Morgan fingerprint density at radius 3 is 2.45 bits per heavy atom. The quantitative estimate of drug-likeness (QED) is 0.666. The normalized spacial score (nSPS) is 12.7. The number of hydrogen-bond acceptors (Lipinski definition) is 3. The molecule has 2 amide bonds. The molecule has 3 rings (SSSR count). The molecule has 8 heteroatoms. The van der Waals surface area contributed by atoms with Gasteiger partial charge in [-0.3, -0.25) is 14.3 Å². The second-order valence-electron chi connectivity index (χ2n) is 7.97. The van der Waals surface area contributed by atoms with E-state index in [4.69, 9.17) is 17.3 Å². The van der Waals surface area contributed by atoms with E-state index >= 15 is 0 Å². The average molecular weight is 417 g/mol. The van der Waals surface area contributed by atoms with Gasteiger partial charge in [0.1, 0.15) is 11.9 Å². The van der Waals surface area contributed by atoms with Crippen molar-refractivity contribution >= 4 is 34.3 Å². The van der Waals surface area contributed by atoms with Crippen LogP contribution in [-0.2, 0) is 11.3 Å². The van der Waals surface area contributed by atoms with E-state index in [1.165, 1.54) is 12.1 Å². The maximum absolute atomic E-state index is 13.2. The van der Waals surface area contributed by atoms with E-state index in [2.05, 4.69) is 10.4 Å². The molecule has 0 saturated heterocycles. The number of rotatable bonds is 5. The third-order valence-corrected chi connectivity index (χ3v) is 4.83. The summed E-state index contributed by atoms with van der Waals surface area (Å²) >= 11 is 6.13. The number of primary amides is 1. The Morgan fingerprint density at radius 2 is 1.86 bits per heavy atom. The van der Waals surface area contributed by atoms with Gasteiger partial charge in [-0.25, -0.2) is 4.39 Å². The number of carbonyl (C=O) groups is 2. The third kappa shape index (κ3) is 4.56. The highest BCUT2D eigenvalue weighted by Crippen LogP contribution is 2.25. The topological polar surface area (TPSA) is 90.0 Å². The molecule has 0 spiro atoms. The summed E-state index contributed by atoms with van der Waals surface area (Å²) in [5.74, 6) is -1.47. The number of nitrogens with two attached hydrogens (primary N) is 1. The van der Waals surface area contributed by atoms with Gasteiger partial charge in [-0.1, -0.05) is 44.5 Å². The van der Waals surface area contributed by atoms with Crippen LogP contribution in [0, 0.1) is 11.2 Å². The summed E-state index contributed by atoms with van der Waals surface area (Å²) in [7, 11) is 0. The van der Waals surface area contributed by atoms with E-state index < -0.39 is 23.3 Å². The Kier molecular flexibility index (Phi) is 5.61. The highest BCUT2D eigenvalue weighted by Gasteiger charge is 2.32. The number of carbonyl (C=O) groups excluding carboxylic acids is 2. The van der Waals surface area contributed by atoms with Crippen LogP contribution in [0.5, 0.6) is 0 Å². The Bertz CT molecular complexity index is 1070.